The second kappa shape index (κ2) is 7.96. The van der Waals surface area contributed by atoms with Crippen molar-refractivity contribution in [3.8, 4) is 23.2 Å². The van der Waals surface area contributed by atoms with E-state index in [1.165, 1.54) is 24.3 Å². The molecule has 0 unspecified atom stereocenters. The number of aryl methyl sites for hydroxylation is 1. The summed E-state index contributed by atoms with van der Waals surface area (Å²) in [5, 5.41) is 0.543. The minimum atomic E-state index is -0.950. The third-order valence-corrected chi connectivity index (χ3v) is 4.65. The molecule has 0 aliphatic rings. The number of fused-ring (bicyclic) bond motifs is 1. The van der Waals surface area contributed by atoms with Crippen LogP contribution in [-0.2, 0) is 6.42 Å². The number of nitrogens with zero attached hydrogens (tertiary/aromatic N) is 2. The largest absolute Gasteiger partial charge is 0.236 e. The SMILES string of the molecule is CCc1cnc(-c2cc(F)c(C#Cc3ccc4c(F)c(F)ccc4c3)c(F)c2)nc1. The monoisotopic (exact) mass is 406 g/mol. The quantitative estimate of drug-likeness (QED) is 0.310. The van der Waals surface area contributed by atoms with Crippen LogP contribution >= 0.6 is 0 Å². The van der Waals surface area contributed by atoms with Gasteiger partial charge in [0, 0.05) is 28.9 Å². The van der Waals surface area contributed by atoms with E-state index in [0.717, 1.165) is 30.2 Å². The van der Waals surface area contributed by atoms with Crippen molar-refractivity contribution < 1.29 is 17.6 Å². The number of halogens is 4. The number of benzene rings is 3. The molecule has 0 radical (unpaired) electrons. The average Bonchev–Trinajstić information content (AvgIpc) is 2.75. The Kier molecular flexibility index (Phi) is 5.20. The van der Waals surface area contributed by atoms with Crippen molar-refractivity contribution >= 4 is 10.8 Å². The number of rotatable bonds is 2. The first-order chi connectivity index (χ1) is 14.5. The first-order valence-corrected chi connectivity index (χ1v) is 9.16. The number of hydrogen-bond acceptors (Lipinski definition) is 2. The van der Waals surface area contributed by atoms with Gasteiger partial charge in [-0.3, -0.25) is 0 Å². The van der Waals surface area contributed by atoms with Gasteiger partial charge in [-0.05, 0) is 47.7 Å². The molecule has 1 aromatic heterocycles. The zero-order chi connectivity index (χ0) is 21.3. The van der Waals surface area contributed by atoms with Crippen LogP contribution in [0.5, 0.6) is 0 Å². The molecule has 0 amide bonds. The van der Waals surface area contributed by atoms with Gasteiger partial charge in [-0.25, -0.2) is 27.5 Å². The standard InChI is InChI=1S/C24H14F4N2/c1-2-14-12-29-24(30-13-14)17-10-21(26)19(22(27)11-17)7-4-15-3-6-18-16(9-15)5-8-20(25)23(18)28/h3,5-6,8-13H,2H2,1H3. The van der Waals surface area contributed by atoms with E-state index in [1.807, 2.05) is 6.92 Å². The van der Waals surface area contributed by atoms with Crippen LogP contribution < -0.4 is 0 Å². The fourth-order valence-corrected chi connectivity index (χ4v) is 2.99. The molecule has 1 heterocycles. The van der Waals surface area contributed by atoms with Gasteiger partial charge in [0.25, 0.3) is 0 Å². The second-order valence-corrected chi connectivity index (χ2v) is 6.63. The lowest BCUT2D eigenvalue weighted by molar-refractivity contribution is 0.517. The summed E-state index contributed by atoms with van der Waals surface area (Å²) < 4.78 is 56.1. The lowest BCUT2D eigenvalue weighted by atomic mass is 10.1. The van der Waals surface area contributed by atoms with Gasteiger partial charge in [0.05, 0.1) is 5.56 Å². The highest BCUT2D eigenvalue weighted by Crippen LogP contribution is 2.23. The van der Waals surface area contributed by atoms with Crippen LogP contribution in [0.4, 0.5) is 17.6 Å². The predicted octanol–water partition coefficient (Wildman–Crippen LogP) is 5.82. The fraction of sp³-hybridized carbons (Fsp3) is 0.0833. The highest BCUT2D eigenvalue weighted by molar-refractivity contribution is 5.84. The Labute approximate surface area is 170 Å². The Hall–Kier alpha value is -3.72. The summed E-state index contributed by atoms with van der Waals surface area (Å²) in [6.45, 7) is 1.95. The Bertz CT molecular complexity index is 1300. The van der Waals surface area contributed by atoms with E-state index < -0.39 is 28.8 Å². The Morgan fingerprint density at radius 1 is 0.800 bits per heavy atom. The van der Waals surface area contributed by atoms with E-state index in [-0.39, 0.29) is 16.8 Å². The molecular formula is C24H14F4N2. The maximum Gasteiger partial charge on any atom is 0.166 e. The molecule has 6 heteroatoms. The summed E-state index contributed by atoms with van der Waals surface area (Å²) in [5.41, 5.74) is 1.14. The number of hydrogen-bond donors (Lipinski definition) is 0. The van der Waals surface area contributed by atoms with Crippen molar-refractivity contribution in [2.24, 2.45) is 0 Å². The van der Waals surface area contributed by atoms with Crippen molar-refractivity contribution in [1.82, 2.24) is 9.97 Å². The van der Waals surface area contributed by atoms with Gasteiger partial charge < -0.3 is 0 Å². The Balaban J connectivity index is 1.68. The molecule has 0 atom stereocenters. The number of aromatic nitrogens is 2. The summed E-state index contributed by atoms with van der Waals surface area (Å²) >= 11 is 0. The van der Waals surface area contributed by atoms with Crippen molar-refractivity contribution in [1.29, 1.82) is 0 Å². The molecule has 0 N–H and O–H groups in total. The first-order valence-electron chi connectivity index (χ1n) is 9.16. The lowest BCUT2D eigenvalue weighted by Gasteiger charge is -2.04. The van der Waals surface area contributed by atoms with Crippen LogP contribution in [0.25, 0.3) is 22.2 Å². The molecule has 30 heavy (non-hydrogen) atoms. The van der Waals surface area contributed by atoms with E-state index in [1.54, 1.807) is 12.4 Å². The molecular weight excluding hydrogens is 392 g/mol. The molecule has 148 valence electrons. The molecule has 0 spiro atoms. The minimum absolute atomic E-state index is 0.108. The van der Waals surface area contributed by atoms with E-state index in [4.69, 9.17) is 0 Å². The zero-order valence-corrected chi connectivity index (χ0v) is 15.8. The molecule has 2 nitrogen and oxygen atoms in total. The van der Waals surface area contributed by atoms with Crippen molar-refractivity contribution in [2.45, 2.75) is 13.3 Å². The van der Waals surface area contributed by atoms with Crippen LogP contribution in [0, 0.1) is 35.1 Å². The molecule has 3 aromatic carbocycles. The molecule has 0 saturated carbocycles. The fourth-order valence-electron chi connectivity index (χ4n) is 2.99. The van der Waals surface area contributed by atoms with Crippen molar-refractivity contribution in [3.63, 3.8) is 0 Å². The van der Waals surface area contributed by atoms with Gasteiger partial charge in [0.1, 0.15) is 11.6 Å². The smallest absolute Gasteiger partial charge is 0.166 e. The highest BCUT2D eigenvalue weighted by Gasteiger charge is 2.12. The Morgan fingerprint density at radius 2 is 1.50 bits per heavy atom. The molecule has 0 aliphatic carbocycles. The molecule has 0 fully saturated rings. The second-order valence-electron chi connectivity index (χ2n) is 6.63. The van der Waals surface area contributed by atoms with Gasteiger partial charge in [-0.2, -0.15) is 0 Å². The van der Waals surface area contributed by atoms with Crippen LogP contribution in [0.1, 0.15) is 23.6 Å². The maximum atomic E-state index is 14.5. The third-order valence-electron chi connectivity index (χ3n) is 4.65. The van der Waals surface area contributed by atoms with Gasteiger partial charge in [-0.1, -0.05) is 30.9 Å². The summed E-state index contributed by atoms with van der Waals surface area (Å²) in [4.78, 5) is 8.26. The summed E-state index contributed by atoms with van der Waals surface area (Å²) in [5.74, 6) is 1.79. The average molecular weight is 406 g/mol. The molecule has 0 saturated heterocycles. The zero-order valence-electron chi connectivity index (χ0n) is 15.8. The Morgan fingerprint density at radius 3 is 2.17 bits per heavy atom. The van der Waals surface area contributed by atoms with E-state index in [2.05, 4.69) is 21.8 Å². The van der Waals surface area contributed by atoms with Crippen LogP contribution in [0.3, 0.4) is 0 Å². The minimum Gasteiger partial charge on any atom is -0.236 e. The summed E-state index contributed by atoms with van der Waals surface area (Å²) in [6.07, 6.45) is 3.98. The third kappa shape index (κ3) is 3.74. The van der Waals surface area contributed by atoms with E-state index in [0.29, 0.717) is 10.9 Å². The maximum absolute atomic E-state index is 14.5. The van der Waals surface area contributed by atoms with Gasteiger partial charge in [0.2, 0.25) is 0 Å². The summed E-state index contributed by atoms with van der Waals surface area (Å²) in [7, 11) is 0. The van der Waals surface area contributed by atoms with Gasteiger partial charge >= 0.3 is 0 Å². The van der Waals surface area contributed by atoms with Crippen LogP contribution in [0.15, 0.2) is 54.9 Å². The molecule has 4 aromatic rings. The van der Waals surface area contributed by atoms with Gasteiger partial charge in [-0.15, -0.1) is 0 Å². The topological polar surface area (TPSA) is 25.8 Å². The summed E-state index contributed by atoms with van der Waals surface area (Å²) in [6, 6.07) is 9.06. The normalized spacial score (nSPS) is 10.7. The molecule has 0 aliphatic heterocycles. The first kappa shape index (κ1) is 19.6. The predicted molar refractivity (Wildman–Crippen MR) is 107 cm³/mol. The lowest BCUT2D eigenvalue weighted by Crippen LogP contribution is -1.96. The van der Waals surface area contributed by atoms with E-state index in [9.17, 15) is 17.6 Å². The molecule has 0 bridgehead atoms. The van der Waals surface area contributed by atoms with E-state index >= 15 is 0 Å². The molecule has 4 rings (SSSR count). The van der Waals surface area contributed by atoms with Crippen LogP contribution in [-0.4, -0.2) is 9.97 Å². The highest BCUT2D eigenvalue weighted by atomic mass is 19.2. The van der Waals surface area contributed by atoms with Crippen LogP contribution in [0.2, 0.25) is 0 Å². The van der Waals surface area contributed by atoms with Crippen molar-refractivity contribution in [2.75, 3.05) is 0 Å². The van der Waals surface area contributed by atoms with Crippen molar-refractivity contribution in [3.05, 3.63) is 94.8 Å². The van der Waals surface area contributed by atoms with Gasteiger partial charge in [0.15, 0.2) is 17.5 Å².